The second-order valence-electron chi connectivity index (χ2n) is 13.9. The van der Waals surface area contributed by atoms with Crippen LogP contribution in [-0.4, -0.2) is 11.7 Å². The first-order valence-electron chi connectivity index (χ1n) is 16.9. The highest BCUT2D eigenvalue weighted by Crippen LogP contribution is 2.60. The van der Waals surface area contributed by atoms with E-state index in [2.05, 4.69) is 65.0 Å². The molecule has 44 heavy (non-hydrogen) atoms. The molecule has 232 valence electrons. The molecule has 0 amide bonds. The second-order valence-corrected chi connectivity index (χ2v) is 17.0. The van der Waals surface area contributed by atoms with Gasteiger partial charge in [-0.2, -0.15) is 0 Å². The molecule has 1 unspecified atom stereocenters. The maximum atomic E-state index is 10.4. The number of hydrogen-bond acceptors (Lipinski definition) is 5. The van der Waals surface area contributed by atoms with E-state index in [-0.39, 0.29) is 10.8 Å². The predicted octanol–water partition coefficient (Wildman–Crippen LogP) is 13.2. The minimum atomic E-state index is -0.0599. The molecule has 0 fully saturated rings. The third kappa shape index (κ3) is 4.93. The third-order valence-electron chi connectivity index (χ3n) is 10.6. The Labute approximate surface area is 275 Å². The van der Waals surface area contributed by atoms with Crippen LogP contribution in [0.1, 0.15) is 128 Å². The maximum absolute atomic E-state index is 10.4. The maximum Gasteiger partial charge on any atom is 0.175 e. The molecule has 0 saturated heterocycles. The summed E-state index contributed by atoms with van der Waals surface area (Å²) in [6.07, 6.45) is 14.5. The van der Waals surface area contributed by atoms with Gasteiger partial charge in [-0.3, -0.25) is 0 Å². The van der Waals surface area contributed by atoms with E-state index >= 15 is 0 Å². The zero-order valence-electron chi connectivity index (χ0n) is 27.0. The van der Waals surface area contributed by atoms with Crippen molar-refractivity contribution in [1.82, 2.24) is 0 Å². The molecule has 0 saturated carbocycles. The van der Waals surface area contributed by atoms with Gasteiger partial charge in [0.05, 0.1) is 11.3 Å². The Hall–Kier alpha value is -2.34. The van der Waals surface area contributed by atoms with Crippen molar-refractivity contribution in [3.63, 3.8) is 0 Å². The predicted molar refractivity (Wildman–Crippen MR) is 194 cm³/mol. The fourth-order valence-electron chi connectivity index (χ4n) is 7.81. The normalized spacial score (nSPS) is 17.8. The summed E-state index contributed by atoms with van der Waals surface area (Å²) in [7, 11) is 0. The highest BCUT2D eigenvalue weighted by Gasteiger charge is 2.42. The van der Waals surface area contributed by atoms with Crippen molar-refractivity contribution in [2.24, 2.45) is 0 Å². The van der Waals surface area contributed by atoms with E-state index in [1.54, 1.807) is 0 Å². The fraction of sp³-hybridized carbons (Fsp3) is 0.487. The first-order valence-corrected chi connectivity index (χ1v) is 19.4. The van der Waals surface area contributed by atoms with E-state index in [0.717, 1.165) is 24.5 Å². The van der Waals surface area contributed by atoms with E-state index in [0.29, 0.717) is 5.06 Å². The largest absolute Gasteiger partial charge is 0.499 e. The van der Waals surface area contributed by atoms with Gasteiger partial charge in [0, 0.05) is 31.4 Å². The molecular weight excluding hydrogens is 597 g/mol. The Morgan fingerprint density at radius 1 is 0.659 bits per heavy atom. The van der Waals surface area contributed by atoms with Gasteiger partial charge in [0.15, 0.2) is 10.1 Å². The summed E-state index contributed by atoms with van der Waals surface area (Å²) in [5, 5.41) is 14.5. The molecule has 3 aromatic heterocycles. The van der Waals surface area contributed by atoms with Crippen LogP contribution in [0.2, 0.25) is 0 Å². The van der Waals surface area contributed by atoms with E-state index in [1.807, 2.05) is 28.7 Å². The zero-order valence-corrected chi connectivity index (χ0v) is 29.5. The molecule has 1 N–H and O–H groups in total. The molecule has 5 heteroatoms. The number of ether oxygens (including phenoxy) is 1. The van der Waals surface area contributed by atoms with Gasteiger partial charge in [-0.05, 0) is 87.3 Å². The van der Waals surface area contributed by atoms with Crippen LogP contribution in [-0.2, 0) is 10.8 Å². The van der Waals surface area contributed by atoms with Gasteiger partial charge in [0.2, 0.25) is 0 Å². The number of aromatic hydroxyl groups is 1. The topological polar surface area (TPSA) is 29.5 Å². The lowest BCUT2D eigenvalue weighted by molar-refractivity contribution is 0.313. The number of fused-ring (bicyclic) bond motifs is 9. The standard InChI is InChI=1S/C39H46O2S3/c1-6-8-9-10-11-12-13-14-15-16-17-41-33-23-31-37(44-33)34-36(42-31)26-18-25-21-29-27(19-24(25)20-28(26)38(34,3)4)35-30(22-32(40)43-35)39(29,5)7-2/h18-23,40H,6-17H2,1-5H3. The Bertz CT molecular complexity index is 1830. The van der Waals surface area contributed by atoms with Crippen molar-refractivity contribution in [2.45, 2.75) is 116 Å². The highest BCUT2D eigenvalue weighted by molar-refractivity contribution is 7.30. The number of rotatable bonds is 13. The summed E-state index contributed by atoms with van der Waals surface area (Å²) in [6, 6.07) is 14.0. The lowest BCUT2D eigenvalue weighted by atomic mass is 9.77. The minimum absolute atomic E-state index is 0.0565. The van der Waals surface area contributed by atoms with Crippen molar-refractivity contribution in [3.8, 4) is 31.0 Å². The van der Waals surface area contributed by atoms with Crippen molar-refractivity contribution in [1.29, 1.82) is 0 Å². The first-order chi connectivity index (χ1) is 21.3. The Morgan fingerprint density at radius 3 is 1.98 bits per heavy atom. The number of thiophene rings is 3. The number of hydrogen-bond donors (Lipinski definition) is 1. The van der Waals surface area contributed by atoms with Crippen LogP contribution in [0.5, 0.6) is 10.1 Å². The van der Waals surface area contributed by atoms with Crippen LogP contribution in [0.3, 0.4) is 0 Å². The molecule has 3 heterocycles. The van der Waals surface area contributed by atoms with Crippen molar-refractivity contribution in [3.05, 3.63) is 58.7 Å². The summed E-state index contributed by atoms with van der Waals surface area (Å²) in [5.74, 6) is 0. The highest BCUT2D eigenvalue weighted by atomic mass is 32.1. The second kappa shape index (κ2) is 11.8. The Balaban J connectivity index is 1.08. The molecule has 2 nitrogen and oxygen atoms in total. The van der Waals surface area contributed by atoms with Crippen LogP contribution >= 0.6 is 34.0 Å². The minimum Gasteiger partial charge on any atom is -0.499 e. The zero-order chi connectivity index (χ0) is 30.6. The molecule has 2 aliphatic carbocycles. The van der Waals surface area contributed by atoms with Crippen LogP contribution in [0.25, 0.3) is 41.1 Å². The van der Waals surface area contributed by atoms with Crippen molar-refractivity contribution in [2.75, 3.05) is 6.61 Å². The lowest BCUT2D eigenvalue weighted by Crippen LogP contribution is -2.18. The Kier molecular flexibility index (Phi) is 8.12. The lowest BCUT2D eigenvalue weighted by Gasteiger charge is -2.25. The molecule has 1 atom stereocenters. The molecule has 0 bridgehead atoms. The smallest absolute Gasteiger partial charge is 0.175 e. The van der Waals surface area contributed by atoms with E-state index < -0.39 is 0 Å². The van der Waals surface area contributed by atoms with Crippen LogP contribution in [0.15, 0.2) is 36.4 Å². The van der Waals surface area contributed by atoms with E-state index in [1.165, 1.54) is 132 Å². The van der Waals surface area contributed by atoms with Crippen LogP contribution < -0.4 is 4.74 Å². The van der Waals surface area contributed by atoms with Gasteiger partial charge >= 0.3 is 0 Å². The molecule has 5 aromatic rings. The fourth-order valence-corrected chi connectivity index (χ4v) is 11.7. The van der Waals surface area contributed by atoms with Crippen LogP contribution in [0, 0.1) is 0 Å². The average molecular weight is 643 g/mol. The summed E-state index contributed by atoms with van der Waals surface area (Å²) in [5.41, 5.74) is 8.20. The first kappa shape index (κ1) is 30.3. The van der Waals surface area contributed by atoms with Gasteiger partial charge in [0.25, 0.3) is 0 Å². The monoisotopic (exact) mass is 642 g/mol. The SMILES string of the molecule is CCCCCCCCCCCCOc1cc2sc3c(c2s1)C(C)(C)c1cc2cc4c(cc2cc1-3)C(C)(CC)c1cc(O)sc1-4. The molecule has 2 aliphatic rings. The van der Waals surface area contributed by atoms with Gasteiger partial charge in [-0.1, -0.05) is 115 Å². The third-order valence-corrected chi connectivity index (χ3v) is 13.9. The summed E-state index contributed by atoms with van der Waals surface area (Å²) in [4.78, 5) is 2.69. The van der Waals surface area contributed by atoms with Crippen molar-refractivity contribution >= 4 is 54.2 Å². The van der Waals surface area contributed by atoms with E-state index in [4.69, 9.17) is 4.74 Å². The summed E-state index contributed by atoms with van der Waals surface area (Å²) < 4.78 is 9.08. The summed E-state index contributed by atoms with van der Waals surface area (Å²) in [6.45, 7) is 12.5. The van der Waals surface area contributed by atoms with Gasteiger partial charge in [0.1, 0.15) is 0 Å². The molecular formula is C39H46O2S3. The molecule has 0 spiro atoms. The van der Waals surface area contributed by atoms with Gasteiger partial charge in [-0.25, -0.2) is 0 Å². The van der Waals surface area contributed by atoms with E-state index in [9.17, 15) is 5.11 Å². The van der Waals surface area contributed by atoms with Crippen molar-refractivity contribution < 1.29 is 9.84 Å². The quantitative estimate of drug-likeness (QED) is 0.130. The molecule has 7 rings (SSSR count). The summed E-state index contributed by atoms with van der Waals surface area (Å²) >= 11 is 5.32. The Morgan fingerprint density at radius 2 is 1.30 bits per heavy atom. The number of unbranched alkanes of at least 4 members (excludes halogenated alkanes) is 9. The molecule has 0 radical (unpaired) electrons. The average Bonchev–Trinajstić information content (AvgIpc) is 3.77. The van der Waals surface area contributed by atoms with Gasteiger partial charge < -0.3 is 9.84 Å². The van der Waals surface area contributed by atoms with Crippen LogP contribution in [0.4, 0.5) is 0 Å². The number of benzene rings is 2. The van der Waals surface area contributed by atoms with Gasteiger partial charge in [-0.15, -0.1) is 11.3 Å². The molecule has 0 aliphatic heterocycles. The molecule has 2 aromatic carbocycles.